The molecule has 0 bridgehead atoms. The molecule has 2 amide bonds. The van der Waals surface area contributed by atoms with Crippen molar-refractivity contribution < 1.29 is 19.1 Å². The second kappa shape index (κ2) is 7.58. The predicted octanol–water partition coefficient (Wildman–Crippen LogP) is 3.11. The summed E-state index contributed by atoms with van der Waals surface area (Å²) in [6.45, 7) is 4.62. The van der Waals surface area contributed by atoms with Crippen molar-refractivity contribution >= 4 is 27.9 Å². The van der Waals surface area contributed by atoms with E-state index in [1.807, 2.05) is 25.1 Å². The van der Waals surface area contributed by atoms with E-state index in [2.05, 4.69) is 26.6 Å². The number of esters is 1. The monoisotopic (exact) mass is 408 g/mol. The van der Waals surface area contributed by atoms with Gasteiger partial charge >= 0.3 is 12.0 Å². The van der Waals surface area contributed by atoms with Crippen LogP contribution in [0.2, 0.25) is 0 Å². The quantitative estimate of drug-likeness (QED) is 0.750. The first-order valence-electron chi connectivity index (χ1n) is 8.28. The Hall–Kier alpha value is -1.86. The smallest absolute Gasteiger partial charge is 0.338 e. The molecule has 0 radical (unpaired) electrons. The Morgan fingerprint density at radius 1 is 1.40 bits per heavy atom. The molecule has 134 valence electrons. The standard InChI is InChI=1S/C18H21BrN2O4/c1-10-5-6-12(8-14(10)19)16-15(11(2)20-18(23)21-16)17(22)25-9-13-4-3-7-24-13/h5-6,8,13,16H,3-4,7,9H2,1-2H3,(H2,20,21,23)/t13-,16-/m1/s1. The molecule has 7 heteroatoms. The van der Waals surface area contributed by atoms with Gasteiger partial charge in [-0.15, -0.1) is 0 Å². The lowest BCUT2D eigenvalue weighted by Crippen LogP contribution is -2.45. The van der Waals surface area contributed by atoms with Gasteiger partial charge in [-0.1, -0.05) is 28.1 Å². The molecular weight excluding hydrogens is 388 g/mol. The van der Waals surface area contributed by atoms with Crippen molar-refractivity contribution in [1.82, 2.24) is 10.6 Å². The second-order valence-corrected chi connectivity index (χ2v) is 7.17. The predicted molar refractivity (Wildman–Crippen MR) is 95.9 cm³/mol. The van der Waals surface area contributed by atoms with E-state index in [1.165, 1.54) is 0 Å². The van der Waals surface area contributed by atoms with Crippen LogP contribution < -0.4 is 10.6 Å². The van der Waals surface area contributed by atoms with Gasteiger partial charge in [-0.05, 0) is 43.9 Å². The first-order chi connectivity index (χ1) is 12.0. The summed E-state index contributed by atoms with van der Waals surface area (Å²) in [7, 11) is 0. The Labute approximate surface area is 155 Å². The number of rotatable bonds is 4. The van der Waals surface area contributed by atoms with E-state index in [1.54, 1.807) is 6.92 Å². The number of carbonyl (C=O) groups excluding carboxylic acids is 2. The van der Waals surface area contributed by atoms with E-state index in [0.717, 1.165) is 28.4 Å². The summed E-state index contributed by atoms with van der Waals surface area (Å²) in [5.74, 6) is -0.442. The summed E-state index contributed by atoms with van der Waals surface area (Å²) in [5, 5.41) is 5.46. The number of nitrogens with one attached hydrogen (secondary N) is 2. The third-order valence-electron chi connectivity index (χ3n) is 4.44. The van der Waals surface area contributed by atoms with Gasteiger partial charge in [0.1, 0.15) is 6.61 Å². The molecular formula is C18H21BrN2O4. The molecule has 2 N–H and O–H groups in total. The molecule has 2 aliphatic rings. The summed E-state index contributed by atoms with van der Waals surface area (Å²) in [6, 6.07) is 4.86. The lowest BCUT2D eigenvalue weighted by Gasteiger charge is -2.28. The first kappa shape index (κ1) is 17.9. The van der Waals surface area contributed by atoms with Crippen molar-refractivity contribution in [2.75, 3.05) is 13.2 Å². The number of amides is 2. The fourth-order valence-corrected chi connectivity index (χ4v) is 3.42. The van der Waals surface area contributed by atoms with Crippen LogP contribution in [0.5, 0.6) is 0 Å². The largest absolute Gasteiger partial charge is 0.459 e. The minimum Gasteiger partial charge on any atom is -0.459 e. The van der Waals surface area contributed by atoms with Crippen LogP contribution in [0.15, 0.2) is 33.9 Å². The van der Waals surface area contributed by atoms with Gasteiger partial charge in [0, 0.05) is 16.8 Å². The van der Waals surface area contributed by atoms with Crippen molar-refractivity contribution in [2.45, 2.75) is 38.8 Å². The number of halogens is 1. The molecule has 1 aromatic carbocycles. The lowest BCUT2D eigenvalue weighted by molar-refractivity contribution is -0.142. The van der Waals surface area contributed by atoms with Crippen LogP contribution in [0, 0.1) is 6.92 Å². The zero-order chi connectivity index (χ0) is 18.0. The van der Waals surface area contributed by atoms with Gasteiger partial charge in [0.05, 0.1) is 17.7 Å². The van der Waals surface area contributed by atoms with Gasteiger partial charge in [0.25, 0.3) is 0 Å². The zero-order valence-electron chi connectivity index (χ0n) is 14.2. The van der Waals surface area contributed by atoms with E-state index in [9.17, 15) is 9.59 Å². The van der Waals surface area contributed by atoms with Gasteiger partial charge in [0.2, 0.25) is 0 Å². The highest BCUT2D eigenvalue weighted by atomic mass is 79.9. The Morgan fingerprint density at radius 3 is 2.88 bits per heavy atom. The second-order valence-electron chi connectivity index (χ2n) is 6.31. The van der Waals surface area contributed by atoms with Crippen molar-refractivity contribution in [3.8, 4) is 0 Å². The number of ether oxygens (including phenoxy) is 2. The number of aryl methyl sites for hydroxylation is 1. The average Bonchev–Trinajstić information content (AvgIpc) is 3.08. The van der Waals surface area contributed by atoms with Gasteiger partial charge in [-0.3, -0.25) is 0 Å². The molecule has 2 aliphatic heterocycles. The Morgan fingerprint density at radius 2 is 2.20 bits per heavy atom. The van der Waals surface area contributed by atoms with E-state index >= 15 is 0 Å². The number of carbonyl (C=O) groups is 2. The van der Waals surface area contributed by atoms with E-state index in [0.29, 0.717) is 17.9 Å². The highest BCUT2D eigenvalue weighted by Gasteiger charge is 2.33. The Kier molecular flexibility index (Phi) is 5.44. The van der Waals surface area contributed by atoms with Crippen molar-refractivity contribution in [3.05, 3.63) is 45.1 Å². The minimum absolute atomic E-state index is 0.0389. The number of hydrogen-bond donors (Lipinski definition) is 2. The average molecular weight is 409 g/mol. The number of hydrogen-bond acceptors (Lipinski definition) is 4. The maximum atomic E-state index is 12.7. The van der Waals surface area contributed by atoms with E-state index in [4.69, 9.17) is 9.47 Å². The lowest BCUT2D eigenvalue weighted by atomic mass is 9.95. The molecule has 1 saturated heterocycles. The van der Waals surface area contributed by atoms with Crippen LogP contribution in [-0.2, 0) is 14.3 Å². The topological polar surface area (TPSA) is 76.7 Å². The fourth-order valence-electron chi connectivity index (χ4n) is 3.03. The molecule has 6 nitrogen and oxygen atoms in total. The number of urea groups is 1. The third kappa shape index (κ3) is 4.04. The highest BCUT2D eigenvalue weighted by molar-refractivity contribution is 9.10. The highest BCUT2D eigenvalue weighted by Crippen LogP contribution is 2.30. The van der Waals surface area contributed by atoms with Crippen molar-refractivity contribution in [1.29, 1.82) is 0 Å². The van der Waals surface area contributed by atoms with Crippen molar-refractivity contribution in [3.63, 3.8) is 0 Å². The van der Waals surface area contributed by atoms with Gasteiger partial charge < -0.3 is 20.1 Å². The summed E-state index contributed by atoms with van der Waals surface area (Å²) in [5.41, 5.74) is 2.80. The Bertz CT molecular complexity index is 726. The molecule has 0 aliphatic carbocycles. The molecule has 1 aromatic rings. The Balaban J connectivity index is 1.83. The van der Waals surface area contributed by atoms with E-state index < -0.39 is 12.0 Å². The first-order valence-corrected chi connectivity index (χ1v) is 9.08. The number of benzene rings is 1. The maximum Gasteiger partial charge on any atom is 0.338 e. The van der Waals surface area contributed by atoms with Gasteiger partial charge in [0.15, 0.2) is 0 Å². The van der Waals surface area contributed by atoms with Crippen LogP contribution in [0.1, 0.15) is 36.9 Å². The molecule has 0 unspecified atom stereocenters. The molecule has 2 atom stereocenters. The van der Waals surface area contributed by atoms with Gasteiger partial charge in [-0.25, -0.2) is 9.59 Å². The molecule has 3 rings (SSSR count). The summed E-state index contributed by atoms with van der Waals surface area (Å²) in [4.78, 5) is 24.6. The van der Waals surface area contributed by atoms with Crippen LogP contribution in [0.4, 0.5) is 4.79 Å². The van der Waals surface area contributed by atoms with Crippen molar-refractivity contribution in [2.24, 2.45) is 0 Å². The molecule has 0 aromatic heterocycles. The fraction of sp³-hybridized carbons (Fsp3) is 0.444. The minimum atomic E-state index is -0.553. The molecule has 2 heterocycles. The van der Waals surface area contributed by atoms with Crippen LogP contribution in [0.3, 0.4) is 0 Å². The number of allylic oxidation sites excluding steroid dienone is 1. The molecule has 0 saturated carbocycles. The summed E-state index contributed by atoms with van der Waals surface area (Å²) in [6.07, 6.45) is 1.85. The SMILES string of the molecule is CC1=C(C(=O)OC[C@H]2CCCO2)[C@@H](c2ccc(C)c(Br)c2)NC(=O)N1. The van der Waals surface area contributed by atoms with Gasteiger partial charge in [-0.2, -0.15) is 0 Å². The molecule has 25 heavy (non-hydrogen) atoms. The molecule has 1 fully saturated rings. The summed E-state index contributed by atoms with van der Waals surface area (Å²) < 4.78 is 11.9. The zero-order valence-corrected chi connectivity index (χ0v) is 15.8. The van der Waals surface area contributed by atoms with Crippen LogP contribution >= 0.6 is 15.9 Å². The summed E-state index contributed by atoms with van der Waals surface area (Å²) >= 11 is 3.50. The van der Waals surface area contributed by atoms with E-state index in [-0.39, 0.29) is 18.7 Å². The molecule has 0 spiro atoms. The third-order valence-corrected chi connectivity index (χ3v) is 5.30. The van der Waals surface area contributed by atoms with Crippen LogP contribution in [0.25, 0.3) is 0 Å². The normalized spacial score (nSPS) is 23.2. The maximum absolute atomic E-state index is 12.7. The van der Waals surface area contributed by atoms with Crippen LogP contribution in [-0.4, -0.2) is 31.3 Å².